The molecule has 1 rings (SSSR count). The fourth-order valence-electron chi connectivity index (χ4n) is 1.90. The highest BCUT2D eigenvalue weighted by Gasteiger charge is 2.20. The SMILES string of the molecule is COC(C)CN1CCCC(CO)C1. The lowest BCUT2D eigenvalue weighted by Crippen LogP contribution is -2.40. The Hall–Kier alpha value is -0.120. The molecule has 1 fully saturated rings. The molecule has 78 valence electrons. The summed E-state index contributed by atoms with van der Waals surface area (Å²) in [6.45, 7) is 5.60. The summed E-state index contributed by atoms with van der Waals surface area (Å²) >= 11 is 0. The molecule has 0 aliphatic carbocycles. The minimum absolute atomic E-state index is 0.303. The van der Waals surface area contributed by atoms with E-state index < -0.39 is 0 Å². The van der Waals surface area contributed by atoms with E-state index in [4.69, 9.17) is 9.84 Å². The number of methoxy groups -OCH3 is 1. The second-order valence-electron chi connectivity index (χ2n) is 4.00. The van der Waals surface area contributed by atoms with Gasteiger partial charge in [-0.1, -0.05) is 0 Å². The zero-order chi connectivity index (χ0) is 9.68. The van der Waals surface area contributed by atoms with Gasteiger partial charge in [-0.2, -0.15) is 0 Å². The van der Waals surface area contributed by atoms with Crippen LogP contribution in [0.5, 0.6) is 0 Å². The molecule has 2 unspecified atom stereocenters. The lowest BCUT2D eigenvalue weighted by Gasteiger charge is -2.33. The molecular weight excluding hydrogens is 166 g/mol. The highest BCUT2D eigenvalue weighted by Crippen LogP contribution is 2.15. The van der Waals surface area contributed by atoms with Crippen LogP contribution in [0.1, 0.15) is 19.8 Å². The first-order valence-corrected chi connectivity index (χ1v) is 5.12. The summed E-state index contributed by atoms with van der Waals surface area (Å²) in [5, 5.41) is 9.04. The normalized spacial score (nSPS) is 27.5. The van der Waals surface area contributed by atoms with Gasteiger partial charge in [0.25, 0.3) is 0 Å². The Kier molecular flexibility index (Phi) is 4.70. The third-order valence-electron chi connectivity index (χ3n) is 2.78. The van der Waals surface area contributed by atoms with E-state index in [0.717, 1.165) is 19.6 Å². The van der Waals surface area contributed by atoms with Crippen LogP contribution in [0.25, 0.3) is 0 Å². The zero-order valence-electron chi connectivity index (χ0n) is 8.70. The highest BCUT2D eigenvalue weighted by molar-refractivity contribution is 4.73. The molecule has 2 atom stereocenters. The maximum atomic E-state index is 9.04. The van der Waals surface area contributed by atoms with E-state index in [-0.39, 0.29) is 0 Å². The number of likely N-dealkylation sites (tertiary alicyclic amines) is 1. The maximum absolute atomic E-state index is 9.04. The highest BCUT2D eigenvalue weighted by atomic mass is 16.5. The van der Waals surface area contributed by atoms with Crippen molar-refractivity contribution in [3.05, 3.63) is 0 Å². The third kappa shape index (κ3) is 3.63. The van der Waals surface area contributed by atoms with Gasteiger partial charge in [0, 0.05) is 26.8 Å². The monoisotopic (exact) mass is 187 g/mol. The summed E-state index contributed by atoms with van der Waals surface area (Å²) in [6.07, 6.45) is 2.69. The first-order chi connectivity index (χ1) is 6.26. The number of piperidine rings is 1. The van der Waals surface area contributed by atoms with Crippen LogP contribution in [0, 0.1) is 5.92 Å². The summed E-state index contributed by atoms with van der Waals surface area (Å²) in [7, 11) is 1.75. The van der Waals surface area contributed by atoms with Gasteiger partial charge in [-0.25, -0.2) is 0 Å². The molecule has 1 saturated heterocycles. The Morgan fingerprint density at radius 1 is 1.62 bits per heavy atom. The summed E-state index contributed by atoms with van der Waals surface area (Å²) in [6, 6.07) is 0. The van der Waals surface area contributed by atoms with E-state index in [1.54, 1.807) is 7.11 Å². The summed E-state index contributed by atoms with van der Waals surface area (Å²) in [4.78, 5) is 2.39. The fourth-order valence-corrected chi connectivity index (χ4v) is 1.90. The number of rotatable bonds is 4. The quantitative estimate of drug-likeness (QED) is 0.704. The number of hydrogen-bond donors (Lipinski definition) is 1. The van der Waals surface area contributed by atoms with Gasteiger partial charge in [0.1, 0.15) is 0 Å². The van der Waals surface area contributed by atoms with Crippen molar-refractivity contribution in [3.8, 4) is 0 Å². The molecule has 0 spiro atoms. The molecule has 0 amide bonds. The van der Waals surface area contributed by atoms with Crippen LogP contribution in [0.2, 0.25) is 0 Å². The summed E-state index contributed by atoms with van der Waals surface area (Å²) < 4.78 is 5.22. The van der Waals surface area contributed by atoms with Gasteiger partial charge < -0.3 is 14.7 Å². The molecular formula is C10H21NO2. The summed E-state index contributed by atoms with van der Waals surface area (Å²) in [5.74, 6) is 0.484. The molecule has 1 aliphatic rings. The van der Waals surface area contributed by atoms with Crippen LogP contribution in [-0.2, 0) is 4.74 Å². The number of aliphatic hydroxyl groups excluding tert-OH is 1. The lowest BCUT2D eigenvalue weighted by atomic mass is 9.99. The molecule has 0 bridgehead atoms. The minimum Gasteiger partial charge on any atom is -0.396 e. The number of hydrogen-bond acceptors (Lipinski definition) is 3. The van der Waals surface area contributed by atoms with E-state index in [1.807, 2.05) is 0 Å². The molecule has 3 nitrogen and oxygen atoms in total. The van der Waals surface area contributed by atoms with Crippen LogP contribution in [0.15, 0.2) is 0 Å². The van der Waals surface area contributed by atoms with Gasteiger partial charge in [0.2, 0.25) is 0 Å². The molecule has 13 heavy (non-hydrogen) atoms. The standard InChI is InChI=1S/C10H21NO2/c1-9(13-2)6-11-5-3-4-10(7-11)8-12/h9-10,12H,3-8H2,1-2H3. The molecule has 1 N–H and O–H groups in total. The van der Waals surface area contributed by atoms with Crippen molar-refractivity contribution in [2.75, 3.05) is 33.4 Å². The van der Waals surface area contributed by atoms with Crippen LogP contribution >= 0.6 is 0 Å². The fraction of sp³-hybridized carbons (Fsp3) is 1.00. The molecule has 0 saturated carbocycles. The Morgan fingerprint density at radius 3 is 3.00 bits per heavy atom. The van der Waals surface area contributed by atoms with Crippen molar-refractivity contribution in [3.63, 3.8) is 0 Å². The first-order valence-electron chi connectivity index (χ1n) is 5.12. The molecule has 0 radical (unpaired) electrons. The second-order valence-corrected chi connectivity index (χ2v) is 4.00. The average molecular weight is 187 g/mol. The Bertz CT molecular complexity index is 139. The van der Waals surface area contributed by atoms with Gasteiger partial charge in [0.05, 0.1) is 6.10 Å². The minimum atomic E-state index is 0.303. The van der Waals surface area contributed by atoms with Gasteiger partial charge in [-0.05, 0) is 32.2 Å². The zero-order valence-corrected chi connectivity index (χ0v) is 8.70. The van der Waals surface area contributed by atoms with Crippen molar-refractivity contribution < 1.29 is 9.84 Å². The van der Waals surface area contributed by atoms with Crippen molar-refractivity contribution in [2.45, 2.75) is 25.9 Å². The van der Waals surface area contributed by atoms with Crippen molar-refractivity contribution in [1.82, 2.24) is 4.90 Å². The number of ether oxygens (including phenoxy) is 1. The van der Waals surface area contributed by atoms with E-state index in [9.17, 15) is 0 Å². The second kappa shape index (κ2) is 5.58. The Morgan fingerprint density at radius 2 is 2.38 bits per heavy atom. The van der Waals surface area contributed by atoms with Crippen LogP contribution < -0.4 is 0 Å². The van der Waals surface area contributed by atoms with Gasteiger partial charge in [-0.3, -0.25) is 0 Å². The molecule has 1 heterocycles. The molecule has 0 aromatic heterocycles. The number of nitrogens with zero attached hydrogens (tertiary/aromatic N) is 1. The Labute approximate surface area is 80.7 Å². The van der Waals surface area contributed by atoms with Gasteiger partial charge in [0.15, 0.2) is 0 Å². The molecule has 0 aromatic rings. The predicted molar refractivity (Wildman–Crippen MR) is 52.7 cm³/mol. The van der Waals surface area contributed by atoms with Crippen LogP contribution in [-0.4, -0.2) is 49.5 Å². The van der Waals surface area contributed by atoms with Crippen LogP contribution in [0.4, 0.5) is 0 Å². The average Bonchev–Trinajstić information content (AvgIpc) is 2.18. The van der Waals surface area contributed by atoms with E-state index in [2.05, 4.69) is 11.8 Å². The largest absolute Gasteiger partial charge is 0.396 e. The number of aliphatic hydroxyl groups is 1. The maximum Gasteiger partial charge on any atom is 0.0670 e. The third-order valence-corrected chi connectivity index (χ3v) is 2.78. The topological polar surface area (TPSA) is 32.7 Å². The van der Waals surface area contributed by atoms with Crippen molar-refractivity contribution >= 4 is 0 Å². The van der Waals surface area contributed by atoms with Gasteiger partial charge >= 0.3 is 0 Å². The van der Waals surface area contributed by atoms with Crippen molar-refractivity contribution in [2.24, 2.45) is 5.92 Å². The Balaban J connectivity index is 2.25. The smallest absolute Gasteiger partial charge is 0.0670 e. The predicted octanol–water partition coefficient (Wildman–Crippen LogP) is 0.726. The van der Waals surface area contributed by atoms with E-state index >= 15 is 0 Å². The van der Waals surface area contributed by atoms with Crippen molar-refractivity contribution in [1.29, 1.82) is 0 Å². The summed E-state index contributed by atoms with van der Waals surface area (Å²) in [5.41, 5.74) is 0. The molecule has 3 heteroatoms. The van der Waals surface area contributed by atoms with Crippen LogP contribution in [0.3, 0.4) is 0 Å². The molecule has 1 aliphatic heterocycles. The lowest BCUT2D eigenvalue weighted by molar-refractivity contribution is 0.0493. The molecule has 0 aromatic carbocycles. The van der Waals surface area contributed by atoms with Gasteiger partial charge in [-0.15, -0.1) is 0 Å². The van der Waals surface area contributed by atoms with E-state index in [0.29, 0.717) is 18.6 Å². The van der Waals surface area contributed by atoms with E-state index in [1.165, 1.54) is 12.8 Å². The first kappa shape index (κ1) is 11.0.